The second kappa shape index (κ2) is 22.8. The number of alkyl halides is 1. The summed E-state index contributed by atoms with van der Waals surface area (Å²) < 4.78 is 0. The largest absolute Gasteiger partial charge is 0.393 e. The van der Waals surface area contributed by atoms with Gasteiger partial charge >= 0.3 is 0 Å². The standard InChI is InChI=1S/C15H31ClO.C2H7N.ClH/c1-3-4-5-6-7-8-9-12-15(16)13-10-11-14(2)17;1-3-2;/h14-15,17H,3-13H2,1-2H3;3H,1-2H3;1H. The number of rotatable bonds is 12. The number of halogens is 2. The van der Waals surface area contributed by atoms with Crippen molar-refractivity contribution in [3.63, 3.8) is 0 Å². The molecule has 0 rings (SSSR count). The minimum Gasteiger partial charge on any atom is -0.393 e. The fraction of sp³-hybridized carbons (Fsp3) is 1.00. The fourth-order valence-electron chi connectivity index (χ4n) is 2.10. The molecular weight excluding hydrogens is 305 g/mol. The van der Waals surface area contributed by atoms with E-state index in [1.54, 1.807) is 0 Å². The van der Waals surface area contributed by atoms with Crippen LogP contribution in [0.2, 0.25) is 0 Å². The molecule has 0 spiro atoms. The Bertz CT molecular complexity index is 169. The van der Waals surface area contributed by atoms with Gasteiger partial charge in [0, 0.05) is 5.38 Å². The molecule has 4 heteroatoms. The Hall–Kier alpha value is 0.500. The van der Waals surface area contributed by atoms with Gasteiger partial charge in [0.2, 0.25) is 0 Å². The summed E-state index contributed by atoms with van der Waals surface area (Å²) in [5.41, 5.74) is 0. The van der Waals surface area contributed by atoms with Crippen molar-refractivity contribution in [2.24, 2.45) is 0 Å². The zero-order valence-corrected chi connectivity index (χ0v) is 16.2. The van der Waals surface area contributed by atoms with Crippen LogP contribution in [0.3, 0.4) is 0 Å². The van der Waals surface area contributed by atoms with Crippen molar-refractivity contribution in [2.75, 3.05) is 14.1 Å². The van der Waals surface area contributed by atoms with E-state index in [0.29, 0.717) is 5.38 Å². The number of aliphatic hydroxyl groups excluding tert-OH is 1. The van der Waals surface area contributed by atoms with Crippen molar-refractivity contribution < 1.29 is 5.11 Å². The summed E-state index contributed by atoms with van der Waals surface area (Å²) >= 11 is 6.25. The van der Waals surface area contributed by atoms with E-state index < -0.39 is 0 Å². The summed E-state index contributed by atoms with van der Waals surface area (Å²) in [6, 6.07) is 0. The summed E-state index contributed by atoms with van der Waals surface area (Å²) in [7, 11) is 3.75. The lowest BCUT2D eigenvalue weighted by Crippen LogP contribution is -2.03. The van der Waals surface area contributed by atoms with Gasteiger partial charge in [-0.3, -0.25) is 0 Å². The van der Waals surface area contributed by atoms with Crippen molar-refractivity contribution >= 4 is 24.0 Å². The predicted octanol–water partition coefficient (Wildman–Crippen LogP) is 5.54. The first-order chi connectivity index (χ1) is 9.58. The molecule has 2 N–H and O–H groups in total. The highest BCUT2D eigenvalue weighted by Gasteiger charge is 2.05. The molecule has 0 aliphatic carbocycles. The maximum atomic E-state index is 9.14. The third-order valence-electron chi connectivity index (χ3n) is 3.26. The molecule has 2 nitrogen and oxygen atoms in total. The summed E-state index contributed by atoms with van der Waals surface area (Å²) in [5, 5.41) is 12.2. The molecule has 0 aromatic carbocycles. The van der Waals surface area contributed by atoms with Crippen LogP contribution in [0.15, 0.2) is 0 Å². The fourth-order valence-corrected chi connectivity index (χ4v) is 2.41. The summed E-state index contributed by atoms with van der Waals surface area (Å²) in [5.74, 6) is 0. The maximum Gasteiger partial charge on any atom is 0.0512 e. The van der Waals surface area contributed by atoms with Gasteiger partial charge in [0.15, 0.2) is 0 Å². The van der Waals surface area contributed by atoms with Gasteiger partial charge in [-0.05, 0) is 46.7 Å². The van der Waals surface area contributed by atoms with Crippen LogP contribution in [-0.4, -0.2) is 30.7 Å². The number of aliphatic hydroxyl groups is 1. The Labute approximate surface area is 144 Å². The monoisotopic (exact) mass is 343 g/mol. The van der Waals surface area contributed by atoms with E-state index in [9.17, 15) is 0 Å². The molecule has 0 aliphatic heterocycles. The van der Waals surface area contributed by atoms with Crippen molar-refractivity contribution in [1.82, 2.24) is 5.32 Å². The second-order valence-electron chi connectivity index (χ2n) is 5.79. The Morgan fingerprint density at radius 2 is 1.29 bits per heavy atom. The number of hydrogen-bond donors (Lipinski definition) is 2. The van der Waals surface area contributed by atoms with Crippen molar-refractivity contribution in [1.29, 1.82) is 0 Å². The number of unbranched alkanes of at least 4 members (excludes halogenated alkanes) is 6. The third kappa shape index (κ3) is 29.2. The third-order valence-corrected chi connectivity index (χ3v) is 3.70. The quantitative estimate of drug-likeness (QED) is 0.360. The maximum absolute atomic E-state index is 9.14. The van der Waals surface area contributed by atoms with E-state index in [-0.39, 0.29) is 18.5 Å². The van der Waals surface area contributed by atoms with Gasteiger partial charge in [0.25, 0.3) is 0 Å². The molecule has 0 saturated heterocycles. The lowest BCUT2D eigenvalue weighted by molar-refractivity contribution is 0.180. The molecular formula is C17H39Cl2NO. The van der Waals surface area contributed by atoms with Crippen LogP contribution in [0.4, 0.5) is 0 Å². The van der Waals surface area contributed by atoms with Crippen molar-refractivity contribution in [3.05, 3.63) is 0 Å². The topological polar surface area (TPSA) is 32.3 Å². The molecule has 0 bridgehead atoms. The molecule has 0 aliphatic rings. The first-order valence-electron chi connectivity index (χ1n) is 8.49. The van der Waals surface area contributed by atoms with Gasteiger partial charge in [-0.2, -0.15) is 0 Å². The first-order valence-corrected chi connectivity index (χ1v) is 8.92. The predicted molar refractivity (Wildman–Crippen MR) is 100 cm³/mol. The molecule has 0 amide bonds. The van der Waals surface area contributed by atoms with E-state index in [1.165, 1.54) is 44.9 Å². The molecule has 21 heavy (non-hydrogen) atoms. The van der Waals surface area contributed by atoms with Crippen LogP contribution >= 0.6 is 24.0 Å². The average Bonchev–Trinajstić information content (AvgIpc) is 2.38. The highest BCUT2D eigenvalue weighted by atomic mass is 35.5. The molecule has 2 atom stereocenters. The molecule has 0 aromatic heterocycles. The lowest BCUT2D eigenvalue weighted by Gasteiger charge is -2.10. The first kappa shape index (κ1) is 26.4. The van der Waals surface area contributed by atoms with Gasteiger partial charge in [0.1, 0.15) is 0 Å². The van der Waals surface area contributed by atoms with Crippen LogP contribution in [-0.2, 0) is 0 Å². The van der Waals surface area contributed by atoms with Crippen molar-refractivity contribution in [3.8, 4) is 0 Å². The Kier molecular flexibility index (Phi) is 28.6. The van der Waals surface area contributed by atoms with Crippen LogP contribution in [0, 0.1) is 0 Å². The van der Waals surface area contributed by atoms with Crippen LogP contribution in [0.1, 0.15) is 84.5 Å². The van der Waals surface area contributed by atoms with Gasteiger partial charge in [-0.25, -0.2) is 0 Å². The Balaban J connectivity index is -0.000000740. The van der Waals surface area contributed by atoms with Crippen molar-refractivity contribution in [2.45, 2.75) is 96.0 Å². The van der Waals surface area contributed by atoms with Gasteiger partial charge in [-0.1, -0.05) is 51.9 Å². The summed E-state index contributed by atoms with van der Waals surface area (Å²) in [6.45, 7) is 4.10. The lowest BCUT2D eigenvalue weighted by atomic mass is 10.0. The molecule has 132 valence electrons. The second-order valence-corrected chi connectivity index (χ2v) is 6.40. The van der Waals surface area contributed by atoms with E-state index in [1.807, 2.05) is 21.0 Å². The SMILES string of the molecule is CCCCCCCCCC(Cl)CCCC(C)O.CNC.Cl. The van der Waals surface area contributed by atoms with E-state index in [0.717, 1.165) is 25.7 Å². The Morgan fingerprint density at radius 1 is 0.857 bits per heavy atom. The van der Waals surface area contributed by atoms with Gasteiger partial charge in [-0.15, -0.1) is 24.0 Å². The van der Waals surface area contributed by atoms with Gasteiger partial charge < -0.3 is 10.4 Å². The Morgan fingerprint density at radius 3 is 1.76 bits per heavy atom. The molecule has 0 saturated carbocycles. The zero-order chi connectivity index (χ0) is 15.6. The summed E-state index contributed by atoms with van der Waals surface area (Å²) in [6.07, 6.45) is 13.5. The normalized spacial score (nSPS) is 12.9. The number of hydrogen-bond acceptors (Lipinski definition) is 2. The highest BCUT2D eigenvalue weighted by Crippen LogP contribution is 2.17. The van der Waals surface area contributed by atoms with Crippen LogP contribution in [0.25, 0.3) is 0 Å². The minimum absolute atomic E-state index is 0. The van der Waals surface area contributed by atoms with E-state index in [2.05, 4.69) is 12.2 Å². The smallest absolute Gasteiger partial charge is 0.0512 e. The molecule has 0 radical (unpaired) electrons. The molecule has 0 aromatic rings. The number of nitrogens with one attached hydrogen (secondary N) is 1. The van der Waals surface area contributed by atoms with Gasteiger partial charge in [0.05, 0.1) is 6.10 Å². The molecule has 0 heterocycles. The molecule has 2 unspecified atom stereocenters. The molecule has 0 fully saturated rings. The zero-order valence-electron chi connectivity index (χ0n) is 14.7. The highest BCUT2D eigenvalue weighted by molar-refractivity contribution is 6.20. The van der Waals surface area contributed by atoms with E-state index >= 15 is 0 Å². The van der Waals surface area contributed by atoms with Crippen LogP contribution < -0.4 is 5.32 Å². The minimum atomic E-state index is -0.169. The average molecular weight is 344 g/mol. The van der Waals surface area contributed by atoms with E-state index in [4.69, 9.17) is 16.7 Å². The summed E-state index contributed by atoms with van der Waals surface area (Å²) in [4.78, 5) is 0. The van der Waals surface area contributed by atoms with Crippen LogP contribution in [0.5, 0.6) is 0 Å².